The molecule has 1 saturated heterocycles. The van der Waals surface area contributed by atoms with Crippen LogP contribution in [-0.4, -0.2) is 50.1 Å². The summed E-state index contributed by atoms with van der Waals surface area (Å²) in [4.78, 5) is 29.5. The maximum absolute atomic E-state index is 14.8. The number of aromatic nitrogens is 1. The lowest BCUT2D eigenvalue weighted by Crippen LogP contribution is -2.45. The molecule has 184 valence electrons. The lowest BCUT2D eigenvalue weighted by atomic mass is 9.91. The molecule has 1 aliphatic rings. The van der Waals surface area contributed by atoms with Crippen molar-refractivity contribution >= 4 is 33.1 Å². The van der Waals surface area contributed by atoms with E-state index in [4.69, 9.17) is 14.2 Å². The van der Waals surface area contributed by atoms with Gasteiger partial charge >= 0.3 is 0 Å². The minimum absolute atomic E-state index is 0.0183. The van der Waals surface area contributed by atoms with Crippen LogP contribution in [0, 0.1) is 17.6 Å². The van der Waals surface area contributed by atoms with E-state index in [0.29, 0.717) is 30.8 Å². The number of ether oxygens (including phenoxy) is 3. The number of nitrogens with zero attached hydrogens (tertiary/aromatic N) is 1. The molecule has 1 amide bonds. The molecule has 4 rings (SSSR count). The van der Waals surface area contributed by atoms with Gasteiger partial charge in [0.25, 0.3) is 0 Å². The number of benzene rings is 1. The quantitative estimate of drug-likeness (QED) is 0.369. The van der Waals surface area contributed by atoms with Crippen LogP contribution >= 0.6 is 11.3 Å². The molecule has 35 heavy (non-hydrogen) atoms. The van der Waals surface area contributed by atoms with Gasteiger partial charge in [0, 0.05) is 36.5 Å². The zero-order valence-corrected chi connectivity index (χ0v) is 20.0. The van der Waals surface area contributed by atoms with E-state index in [9.17, 15) is 18.4 Å². The predicted molar refractivity (Wildman–Crippen MR) is 127 cm³/mol. The standard InChI is InChI=1S/C25H24F2N2O5S/c1-4-21(30)29-16-5-6-34-12-14(16)8-15-7-13-9-19(35-20(13)11-28-15)25(31)22-23(26)17(32-2)10-18(33-3)24(22)27/h4,7,9-11,14,16H,1,5-6,8,12H2,2-3H3,(H,29,30). The lowest BCUT2D eigenvalue weighted by molar-refractivity contribution is -0.118. The zero-order valence-electron chi connectivity index (χ0n) is 19.2. The molecular formula is C25H24F2N2O5S. The first kappa shape index (κ1) is 24.7. The van der Waals surface area contributed by atoms with Gasteiger partial charge in [-0.15, -0.1) is 11.3 Å². The van der Waals surface area contributed by atoms with E-state index in [1.807, 2.05) is 6.07 Å². The van der Waals surface area contributed by atoms with E-state index in [0.717, 1.165) is 28.5 Å². The smallest absolute Gasteiger partial charge is 0.243 e. The Bertz CT molecular complexity index is 1260. The van der Waals surface area contributed by atoms with E-state index in [2.05, 4.69) is 16.9 Å². The van der Waals surface area contributed by atoms with Gasteiger partial charge < -0.3 is 19.5 Å². The number of amides is 1. The van der Waals surface area contributed by atoms with Crippen LogP contribution in [0.15, 0.2) is 37.1 Å². The monoisotopic (exact) mass is 502 g/mol. The van der Waals surface area contributed by atoms with Gasteiger partial charge in [0.1, 0.15) is 5.56 Å². The molecule has 7 nitrogen and oxygen atoms in total. The van der Waals surface area contributed by atoms with Gasteiger partial charge in [-0.25, -0.2) is 8.78 Å². The van der Waals surface area contributed by atoms with Crippen LogP contribution in [0.5, 0.6) is 11.5 Å². The first-order valence-corrected chi connectivity index (χ1v) is 11.7. The summed E-state index contributed by atoms with van der Waals surface area (Å²) in [6.07, 6.45) is 4.11. The highest BCUT2D eigenvalue weighted by Gasteiger charge is 2.29. The van der Waals surface area contributed by atoms with Crippen LogP contribution < -0.4 is 14.8 Å². The maximum Gasteiger partial charge on any atom is 0.243 e. The Hall–Kier alpha value is -3.37. The minimum Gasteiger partial charge on any atom is -0.494 e. The molecule has 10 heteroatoms. The number of hydrogen-bond acceptors (Lipinski definition) is 7. The second-order valence-corrected chi connectivity index (χ2v) is 9.17. The number of rotatable bonds is 8. The Morgan fingerprint density at radius 3 is 2.60 bits per heavy atom. The van der Waals surface area contributed by atoms with Crippen LogP contribution in [-0.2, 0) is 16.0 Å². The molecule has 1 aliphatic heterocycles. The topological polar surface area (TPSA) is 86.8 Å². The summed E-state index contributed by atoms with van der Waals surface area (Å²) in [5.41, 5.74) is 0.0177. The third-order valence-corrected chi connectivity index (χ3v) is 7.03. The second-order valence-electron chi connectivity index (χ2n) is 8.08. The van der Waals surface area contributed by atoms with Crippen molar-refractivity contribution in [3.8, 4) is 11.5 Å². The number of carbonyl (C=O) groups excluding carboxylic acids is 2. The average Bonchev–Trinajstić information content (AvgIpc) is 3.29. The fraction of sp³-hybridized carbons (Fsp3) is 0.320. The number of pyridine rings is 1. The van der Waals surface area contributed by atoms with Gasteiger partial charge in [0.15, 0.2) is 23.1 Å². The molecule has 0 radical (unpaired) electrons. The molecule has 1 fully saturated rings. The molecule has 2 atom stereocenters. The molecule has 0 spiro atoms. The lowest BCUT2D eigenvalue weighted by Gasteiger charge is -2.31. The Morgan fingerprint density at radius 1 is 1.23 bits per heavy atom. The van der Waals surface area contributed by atoms with Crippen molar-refractivity contribution in [3.05, 3.63) is 64.8 Å². The Kier molecular flexibility index (Phi) is 7.42. The molecule has 2 aromatic heterocycles. The largest absolute Gasteiger partial charge is 0.494 e. The van der Waals surface area contributed by atoms with Crippen LogP contribution in [0.2, 0.25) is 0 Å². The number of methoxy groups -OCH3 is 2. The maximum atomic E-state index is 14.8. The van der Waals surface area contributed by atoms with Crippen molar-refractivity contribution < 1.29 is 32.6 Å². The van der Waals surface area contributed by atoms with Crippen LogP contribution in [0.4, 0.5) is 8.78 Å². The molecule has 0 aliphatic carbocycles. The van der Waals surface area contributed by atoms with Crippen LogP contribution in [0.25, 0.3) is 10.1 Å². The first-order valence-electron chi connectivity index (χ1n) is 10.9. The fourth-order valence-corrected chi connectivity index (χ4v) is 5.08. The average molecular weight is 503 g/mol. The van der Waals surface area contributed by atoms with E-state index in [1.165, 1.54) is 20.3 Å². The molecule has 3 aromatic rings. The highest BCUT2D eigenvalue weighted by molar-refractivity contribution is 7.21. The number of nitrogens with one attached hydrogen (secondary N) is 1. The molecule has 0 bridgehead atoms. The second kappa shape index (κ2) is 10.5. The van der Waals surface area contributed by atoms with Gasteiger partial charge in [-0.2, -0.15) is 0 Å². The minimum atomic E-state index is -1.09. The summed E-state index contributed by atoms with van der Waals surface area (Å²) in [5, 5.41) is 3.67. The Morgan fingerprint density at radius 2 is 1.94 bits per heavy atom. The number of hydrogen-bond donors (Lipinski definition) is 1. The molecular weight excluding hydrogens is 478 g/mol. The number of carbonyl (C=O) groups is 2. The van der Waals surface area contributed by atoms with Crippen LogP contribution in [0.1, 0.15) is 27.3 Å². The summed E-state index contributed by atoms with van der Waals surface area (Å²) in [7, 11) is 2.45. The number of fused-ring (bicyclic) bond motifs is 1. The third-order valence-electron chi connectivity index (χ3n) is 5.94. The van der Waals surface area contributed by atoms with Gasteiger partial charge in [-0.1, -0.05) is 6.58 Å². The van der Waals surface area contributed by atoms with E-state index >= 15 is 0 Å². The van der Waals surface area contributed by atoms with Crippen molar-refractivity contribution in [1.29, 1.82) is 0 Å². The van der Waals surface area contributed by atoms with Crippen molar-refractivity contribution in [3.63, 3.8) is 0 Å². The van der Waals surface area contributed by atoms with Gasteiger partial charge in [-0.05, 0) is 36.4 Å². The summed E-state index contributed by atoms with van der Waals surface area (Å²) in [6, 6.07) is 4.41. The SMILES string of the molecule is C=CC(=O)NC1CCOCC1Cc1cc2cc(C(=O)c3c(F)c(OC)cc(OC)c3F)sc2cn1. The third kappa shape index (κ3) is 5.03. The fourth-order valence-electron chi connectivity index (χ4n) is 4.12. The van der Waals surface area contributed by atoms with E-state index in [1.54, 1.807) is 12.3 Å². The number of thiophene rings is 1. The normalized spacial score (nSPS) is 17.7. The summed E-state index contributed by atoms with van der Waals surface area (Å²) in [6.45, 7) is 4.53. The number of ketones is 1. The van der Waals surface area contributed by atoms with E-state index in [-0.39, 0.29) is 34.2 Å². The summed E-state index contributed by atoms with van der Waals surface area (Å²) in [5.74, 6) is -3.78. The molecule has 2 unspecified atom stereocenters. The highest BCUT2D eigenvalue weighted by Crippen LogP contribution is 2.35. The van der Waals surface area contributed by atoms with E-state index < -0.39 is 23.0 Å². The predicted octanol–water partition coefficient (Wildman–Crippen LogP) is 4.07. The first-order chi connectivity index (χ1) is 16.9. The van der Waals surface area contributed by atoms with Crippen molar-refractivity contribution in [2.24, 2.45) is 5.92 Å². The van der Waals surface area contributed by atoms with Crippen LogP contribution in [0.3, 0.4) is 0 Å². The Balaban J connectivity index is 1.62. The molecule has 0 saturated carbocycles. The van der Waals surface area contributed by atoms with Crippen molar-refractivity contribution in [1.82, 2.24) is 10.3 Å². The molecule has 1 N–H and O–H groups in total. The summed E-state index contributed by atoms with van der Waals surface area (Å²) >= 11 is 1.09. The van der Waals surface area contributed by atoms with Gasteiger partial charge in [-0.3, -0.25) is 14.6 Å². The van der Waals surface area contributed by atoms with Crippen molar-refractivity contribution in [2.45, 2.75) is 18.9 Å². The molecule has 1 aromatic carbocycles. The molecule has 3 heterocycles. The van der Waals surface area contributed by atoms with Gasteiger partial charge in [0.2, 0.25) is 11.7 Å². The zero-order chi connectivity index (χ0) is 25.1. The summed E-state index contributed by atoms with van der Waals surface area (Å²) < 4.78 is 45.8. The number of halogens is 2. The Labute approximate surface area is 204 Å². The highest BCUT2D eigenvalue weighted by atomic mass is 32.1. The van der Waals surface area contributed by atoms with Crippen molar-refractivity contribution in [2.75, 3.05) is 27.4 Å². The van der Waals surface area contributed by atoms with Gasteiger partial charge in [0.05, 0.1) is 30.4 Å².